The number of nitrogens with zero attached hydrogens (tertiary/aromatic N) is 5. The topological polar surface area (TPSA) is 53.7 Å². The number of halogens is 1. The van der Waals surface area contributed by atoms with Gasteiger partial charge in [0.25, 0.3) is 0 Å². The van der Waals surface area contributed by atoms with E-state index in [-0.39, 0.29) is 5.82 Å². The lowest BCUT2D eigenvalue weighted by molar-refractivity contribution is 0.335. The number of hydrogen-bond donors (Lipinski definition) is 0. The molecule has 0 N–H and O–H groups in total. The Labute approximate surface area is 205 Å². The number of thiazole rings is 1. The monoisotopic (exact) mass is 497 g/mol. The highest BCUT2D eigenvalue weighted by Gasteiger charge is 2.24. The summed E-state index contributed by atoms with van der Waals surface area (Å²) in [6.07, 6.45) is 6.78. The number of pyridine rings is 1. The highest BCUT2D eigenvalue weighted by atomic mass is 32.2. The Morgan fingerprint density at radius 3 is 2.56 bits per heavy atom. The molecule has 0 aliphatic carbocycles. The van der Waals surface area contributed by atoms with Crippen molar-refractivity contribution in [3.63, 3.8) is 0 Å². The number of anilines is 2. The zero-order valence-corrected chi connectivity index (χ0v) is 21.2. The molecule has 1 atom stereocenters. The Kier molecular flexibility index (Phi) is 6.50. The molecule has 1 saturated heterocycles. The van der Waals surface area contributed by atoms with Crippen LogP contribution in [0.1, 0.15) is 36.9 Å². The van der Waals surface area contributed by atoms with E-state index in [0.717, 1.165) is 65.9 Å². The molecule has 0 radical (unpaired) electrons. The number of aryl methyl sites for hydroxylation is 1. The summed E-state index contributed by atoms with van der Waals surface area (Å²) in [5.74, 6) is 1.21. The summed E-state index contributed by atoms with van der Waals surface area (Å²) in [7, 11) is 1.12. The van der Waals surface area contributed by atoms with Crippen LogP contribution >= 0.6 is 11.3 Å². The number of benzene rings is 1. The summed E-state index contributed by atoms with van der Waals surface area (Å²) < 4.78 is 29.4. The van der Waals surface area contributed by atoms with Crippen molar-refractivity contribution in [3.8, 4) is 11.3 Å². The van der Waals surface area contributed by atoms with Crippen LogP contribution in [-0.4, -0.2) is 49.3 Å². The van der Waals surface area contributed by atoms with Crippen molar-refractivity contribution in [1.29, 1.82) is 0 Å². The van der Waals surface area contributed by atoms with E-state index in [2.05, 4.69) is 34.6 Å². The van der Waals surface area contributed by atoms with Gasteiger partial charge >= 0.3 is 0 Å². The number of aromatic nitrogens is 3. The first kappa shape index (κ1) is 23.1. The van der Waals surface area contributed by atoms with Gasteiger partial charge in [0.05, 0.1) is 22.4 Å². The Bertz CT molecular complexity index is 1330. The number of piperidine rings is 1. The largest absolute Gasteiger partial charge is 0.305 e. The van der Waals surface area contributed by atoms with Gasteiger partial charge in [0.2, 0.25) is 0 Å². The normalized spacial score (nSPS) is 16.2. The second-order valence-corrected chi connectivity index (χ2v) is 10.8. The molecule has 1 unspecified atom stereocenters. The molecule has 0 saturated carbocycles. The fourth-order valence-corrected chi connectivity index (χ4v) is 6.17. The Morgan fingerprint density at radius 2 is 1.88 bits per heavy atom. The molecule has 0 bridgehead atoms. The van der Waals surface area contributed by atoms with Crippen molar-refractivity contribution in [1.82, 2.24) is 18.7 Å². The zero-order chi connectivity index (χ0) is 23.8. The molecule has 1 aromatic carbocycles. The minimum Gasteiger partial charge on any atom is -0.305 e. The summed E-state index contributed by atoms with van der Waals surface area (Å²) in [5.41, 5.74) is 4.96. The highest BCUT2D eigenvalue weighted by molar-refractivity contribution is 7.81. The van der Waals surface area contributed by atoms with Gasteiger partial charge in [-0.3, -0.25) is 4.40 Å². The second kappa shape index (κ2) is 9.56. The van der Waals surface area contributed by atoms with Crippen LogP contribution in [0.5, 0.6) is 0 Å². The van der Waals surface area contributed by atoms with Gasteiger partial charge in [0.1, 0.15) is 17.3 Å². The van der Waals surface area contributed by atoms with Crippen LogP contribution in [0.15, 0.2) is 48.0 Å². The lowest BCUT2D eigenvalue weighted by Crippen LogP contribution is -2.33. The molecule has 9 heteroatoms. The number of imidazole rings is 1. The van der Waals surface area contributed by atoms with E-state index in [1.54, 1.807) is 29.7 Å². The van der Waals surface area contributed by atoms with Crippen LogP contribution in [0.4, 0.5) is 15.3 Å². The van der Waals surface area contributed by atoms with Crippen molar-refractivity contribution in [2.24, 2.45) is 0 Å². The van der Waals surface area contributed by atoms with Crippen molar-refractivity contribution >= 4 is 38.9 Å². The SMILES string of the molecule is CCc1nc2ccc(C3CCN(S(C)=O)CC3)cn2c1N(C)c1nc(-c2ccc(F)cc2)cs1. The van der Waals surface area contributed by atoms with Crippen molar-refractivity contribution in [3.05, 3.63) is 65.0 Å². The van der Waals surface area contributed by atoms with Crippen molar-refractivity contribution in [2.45, 2.75) is 32.1 Å². The molecule has 3 aromatic heterocycles. The van der Waals surface area contributed by atoms with E-state index in [4.69, 9.17) is 9.97 Å². The molecule has 1 fully saturated rings. The minimum absolute atomic E-state index is 0.251. The first-order chi connectivity index (χ1) is 16.4. The Balaban J connectivity index is 1.47. The predicted octanol–water partition coefficient (Wildman–Crippen LogP) is 5.40. The first-order valence-electron chi connectivity index (χ1n) is 11.5. The third-order valence-electron chi connectivity index (χ3n) is 6.55. The van der Waals surface area contributed by atoms with Gasteiger partial charge in [0.15, 0.2) is 5.13 Å². The van der Waals surface area contributed by atoms with E-state index in [1.807, 2.05) is 16.7 Å². The maximum Gasteiger partial charge on any atom is 0.191 e. The molecule has 1 aliphatic heterocycles. The molecule has 5 rings (SSSR count). The summed E-state index contributed by atoms with van der Waals surface area (Å²) in [6.45, 7) is 3.83. The van der Waals surface area contributed by atoms with Gasteiger partial charge in [0, 0.05) is 43.5 Å². The van der Waals surface area contributed by atoms with Crippen LogP contribution in [-0.2, 0) is 17.4 Å². The van der Waals surface area contributed by atoms with Crippen molar-refractivity contribution in [2.75, 3.05) is 31.3 Å². The highest BCUT2D eigenvalue weighted by Crippen LogP contribution is 2.35. The smallest absolute Gasteiger partial charge is 0.191 e. The van der Waals surface area contributed by atoms with Crippen LogP contribution in [0.25, 0.3) is 16.9 Å². The second-order valence-electron chi connectivity index (χ2n) is 8.63. The van der Waals surface area contributed by atoms with Gasteiger partial charge < -0.3 is 4.90 Å². The predicted molar refractivity (Wildman–Crippen MR) is 138 cm³/mol. The molecule has 1 aliphatic rings. The van der Waals surface area contributed by atoms with Crippen LogP contribution in [0.3, 0.4) is 0 Å². The average Bonchev–Trinajstić information content (AvgIpc) is 3.49. The average molecular weight is 498 g/mol. The van der Waals surface area contributed by atoms with Crippen molar-refractivity contribution < 1.29 is 8.60 Å². The van der Waals surface area contributed by atoms with E-state index in [1.165, 1.54) is 17.7 Å². The maximum absolute atomic E-state index is 13.3. The summed E-state index contributed by atoms with van der Waals surface area (Å²) in [5, 5.41) is 2.87. The molecular weight excluding hydrogens is 469 g/mol. The van der Waals surface area contributed by atoms with Gasteiger partial charge in [-0.2, -0.15) is 0 Å². The van der Waals surface area contributed by atoms with Crippen LogP contribution < -0.4 is 4.90 Å². The summed E-state index contributed by atoms with van der Waals surface area (Å²) >= 11 is 1.56. The van der Waals surface area contributed by atoms with E-state index in [9.17, 15) is 8.60 Å². The van der Waals surface area contributed by atoms with Gasteiger partial charge in [-0.25, -0.2) is 22.9 Å². The third kappa shape index (κ3) is 4.39. The number of rotatable bonds is 6. The first-order valence-corrected chi connectivity index (χ1v) is 13.9. The zero-order valence-electron chi connectivity index (χ0n) is 19.6. The Hall–Kier alpha value is -2.62. The van der Waals surface area contributed by atoms with Crippen LogP contribution in [0, 0.1) is 5.82 Å². The quantitative estimate of drug-likeness (QED) is 0.358. The van der Waals surface area contributed by atoms with Gasteiger partial charge in [-0.05, 0) is 61.1 Å². The fraction of sp³-hybridized carbons (Fsp3) is 0.360. The molecule has 6 nitrogen and oxygen atoms in total. The molecule has 0 amide bonds. The minimum atomic E-state index is -0.901. The summed E-state index contributed by atoms with van der Waals surface area (Å²) in [6, 6.07) is 10.7. The van der Waals surface area contributed by atoms with E-state index < -0.39 is 11.0 Å². The Morgan fingerprint density at radius 1 is 1.15 bits per heavy atom. The lowest BCUT2D eigenvalue weighted by Gasteiger charge is -2.30. The lowest BCUT2D eigenvalue weighted by atomic mass is 9.91. The van der Waals surface area contributed by atoms with Gasteiger partial charge in [-0.1, -0.05) is 13.0 Å². The molecule has 34 heavy (non-hydrogen) atoms. The molecule has 4 aromatic rings. The number of fused-ring (bicyclic) bond motifs is 1. The summed E-state index contributed by atoms with van der Waals surface area (Å²) in [4.78, 5) is 11.8. The molecular formula is C25H28FN5OS2. The van der Waals surface area contributed by atoms with Gasteiger partial charge in [-0.15, -0.1) is 11.3 Å². The molecule has 178 valence electrons. The van der Waals surface area contributed by atoms with Crippen LogP contribution in [0.2, 0.25) is 0 Å². The molecule has 4 heterocycles. The fourth-order valence-electron chi connectivity index (χ4n) is 4.64. The molecule has 0 spiro atoms. The standard InChI is InChI=1S/C25H28FN5OS2/c1-4-21-24(29(2)25-28-22(16-33-25)18-5-8-20(26)9-6-18)31-15-19(7-10-23(31)27-21)17-11-13-30(14-12-17)34(3)32/h5-10,15-17H,4,11-14H2,1-3H3. The number of hydrogen-bond acceptors (Lipinski definition) is 5. The third-order valence-corrected chi connectivity index (χ3v) is 8.56. The van der Waals surface area contributed by atoms with E-state index >= 15 is 0 Å². The maximum atomic E-state index is 13.3. The van der Waals surface area contributed by atoms with E-state index in [0.29, 0.717) is 5.92 Å².